The minimum Gasteiger partial charge on any atom is -0.460 e. The molecule has 42 heavy (non-hydrogen) atoms. The third kappa shape index (κ3) is 9.78. The van der Waals surface area contributed by atoms with Crippen LogP contribution in [0.15, 0.2) is 48.5 Å². The number of carbonyl (C=O) groups excluding carboxylic acids is 1. The molecule has 0 radical (unpaired) electrons. The number of aryl methyl sites for hydroxylation is 3. The van der Waals surface area contributed by atoms with Gasteiger partial charge in [0.1, 0.15) is 5.60 Å². The monoisotopic (exact) mass is 620 g/mol. The van der Waals surface area contributed by atoms with Crippen molar-refractivity contribution in [2.45, 2.75) is 72.5 Å². The molecular weight excluding hydrogens is 585 g/mol. The highest BCUT2D eigenvalue weighted by atomic mass is 32.1. The van der Waals surface area contributed by atoms with E-state index >= 15 is 0 Å². The highest BCUT2D eigenvalue weighted by Crippen LogP contribution is 2.37. The number of aliphatic hydroxyl groups excluding tert-OH is 1. The van der Waals surface area contributed by atoms with E-state index in [2.05, 4.69) is 19.7 Å². The second kappa shape index (κ2) is 16.2. The van der Waals surface area contributed by atoms with Crippen LogP contribution in [0.1, 0.15) is 62.2 Å². The number of nitrogens with zero attached hydrogens (tertiary/aromatic N) is 4. The molecule has 1 N–H and O–H groups in total. The van der Waals surface area contributed by atoms with Crippen LogP contribution in [0.5, 0.6) is 0 Å². The van der Waals surface area contributed by atoms with Gasteiger partial charge in [-0.2, -0.15) is 13.5 Å². The zero-order valence-electron chi connectivity index (χ0n) is 24.5. The molecule has 0 atom stereocenters. The number of ether oxygens (including phenoxy) is 1. The van der Waals surface area contributed by atoms with Crippen molar-refractivity contribution in [3.63, 3.8) is 0 Å². The molecule has 0 bridgehead atoms. The molecule has 4 rings (SSSR count). The first kappa shape index (κ1) is 34.7. The number of rotatable bonds is 8. The Morgan fingerprint density at radius 1 is 0.833 bits per heavy atom. The summed E-state index contributed by atoms with van der Waals surface area (Å²) in [6.07, 6.45) is 2.70. The molecule has 2 aromatic carbocycles. The smallest absolute Gasteiger partial charge is 0.306 e. The number of hydrogen-bond acceptors (Lipinski definition) is 7. The Labute approximate surface area is 263 Å². The molecule has 0 aliphatic carbocycles. The lowest BCUT2D eigenvalue weighted by atomic mass is 10.1. The van der Waals surface area contributed by atoms with Crippen molar-refractivity contribution in [2.75, 3.05) is 0 Å². The number of thiazole rings is 2. The molecule has 0 amide bonds. The quantitative estimate of drug-likeness (QED) is 0.157. The Bertz CT molecular complexity index is 1540. The van der Waals surface area contributed by atoms with Crippen molar-refractivity contribution in [3.8, 4) is 20.9 Å². The topological polar surface area (TPSA) is 81.0 Å². The Morgan fingerprint density at radius 2 is 1.26 bits per heavy atom. The van der Waals surface area contributed by atoms with Gasteiger partial charge >= 0.3 is 5.97 Å². The Kier molecular flexibility index (Phi) is 13.4. The lowest BCUT2D eigenvalue weighted by Gasteiger charge is -2.19. The predicted octanol–water partition coefficient (Wildman–Crippen LogP) is 8.73. The van der Waals surface area contributed by atoms with E-state index in [0.717, 1.165) is 54.9 Å². The summed E-state index contributed by atoms with van der Waals surface area (Å²) in [5, 5.41) is 10.9. The van der Waals surface area contributed by atoms with Crippen molar-refractivity contribution >= 4 is 53.8 Å². The summed E-state index contributed by atoms with van der Waals surface area (Å²) in [6, 6.07) is 15.6. The average Bonchev–Trinajstić information content (AvgIpc) is 3.60. The summed E-state index contributed by atoms with van der Waals surface area (Å²) < 4.78 is 5.32. The zero-order valence-corrected chi connectivity index (χ0v) is 27.2. The molecule has 2 aromatic heterocycles. The fourth-order valence-corrected chi connectivity index (χ4v) is 5.66. The summed E-state index contributed by atoms with van der Waals surface area (Å²) in [6.45, 7) is 24.1. The Morgan fingerprint density at radius 3 is 1.62 bits per heavy atom. The van der Waals surface area contributed by atoms with Gasteiger partial charge in [0.05, 0.1) is 16.4 Å². The van der Waals surface area contributed by atoms with Crippen molar-refractivity contribution in [2.24, 2.45) is 0 Å². The van der Waals surface area contributed by atoms with Crippen LogP contribution >= 0.6 is 36.2 Å². The molecule has 220 valence electrons. The number of benzene rings is 2. The SMILES string of the molecule is S.[C-]#[N+]c1nc(CC)sc1-c1ccc(CCC(=O)OC(C)(C)C)cc1.[C-]#[N+]c1nc(CC)sc1-c1ccc(CO)cc1. The molecule has 10 heteroatoms. The Hall–Kier alpha value is -3.54. The predicted molar refractivity (Wildman–Crippen MR) is 177 cm³/mol. The lowest BCUT2D eigenvalue weighted by molar-refractivity contribution is -0.154. The number of esters is 1. The van der Waals surface area contributed by atoms with Crippen LogP contribution in [0.4, 0.5) is 11.6 Å². The van der Waals surface area contributed by atoms with Gasteiger partial charge in [0.15, 0.2) is 10.0 Å². The fourth-order valence-electron chi connectivity index (χ4n) is 3.76. The second-order valence-electron chi connectivity index (χ2n) is 10.1. The van der Waals surface area contributed by atoms with Crippen molar-refractivity contribution in [1.82, 2.24) is 9.97 Å². The number of hydrogen-bond donors (Lipinski definition) is 1. The first-order valence-electron chi connectivity index (χ1n) is 13.4. The van der Waals surface area contributed by atoms with Gasteiger partial charge in [-0.25, -0.2) is 0 Å². The maximum atomic E-state index is 11.8. The van der Waals surface area contributed by atoms with E-state index < -0.39 is 5.60 Å². The first-order chi connectivity index (χ1) is 19.6. The number of carbonyl (C=O) groups is 1. The average molecular weight is 621 g/mol. The zero-order chi connectivity index (χ0) is 30.0. The maximum absolute atomic E-state index is 11.8. The van der Waals surface area contributed by atoms with Crippen LogP contribution in [-0.4, -0.2) is 26.6 Å². The summed E-state index contributed by atoms with van der Waals surface area (Å²) in [5.74, 6) is 0.763. The molecular formula is C32H36N4O3S3. The van der Waals surface area contributed by atoms with Crippen LogP contribution in [0.25, 0.3) is 30.6 Å². The van der Waals surface area contributed by atoms with Gasteiger partial charge in [-0.15, -0.1) is 32.6 Å². The highest BCUT2D eigenvalue weighted by Gasteiger charge is 2.17. The van der Waals surface area contributed by atoms with Crippen molar-refractivity contribution in [1.29, 1.82) is 0 Å². The second-order valence-corrected chi connectivity index (χ2v) is 12.3. The molecule has 2 heterocycles. The van der Waals surface area contributed by atoms with E-state index in [4.69, 9.17) is 23.0 Å². The largest absolute Gasteiger partial charge is 0.460 e. The molecule has 0 saturated carbocycles. The summed E-state index contributed by atoms with van der Waals surface area (Å²) in [5.41, 5.74) is 3.50. The van der Waals surface area contributed by atoms with Crippen molar-refractivity contribution in [3.05, 3.63) is 92.5 Å². The van der Waals surface area contributed by atoms with Gasteiger partial charge in [-0.1, -0.05) is 75.5 Å². The van der Waals surface area contributed by atoms with Gasteiger partial charge in [0.2, 0.25) is 0 Å². The summed E-state index contributed by atoms with van der Waals surface area (Å²) >= 11 is 3.13. The minimum atomic E-state index is -0.444. The molecule has 0 saturated heterocycles. The third-order valence-electron chi connectivity index (χ3n) is 5.78. The van der Waals surface area contributed by atoms with Gasteiger partial charge in [-0.3, -0.25) is 4.79 Å². The van der Waals surface area contributed by atoms with E-state index in [-0.39, 0.29) is 26.1 Å². The van der Waals surface area contributed by atoms with Crippen LogP contribution in [0.2, 0.25) is 0 Å². The van der Waals surface area contributed by atoms with E-state index in [9.17, 15) is 4.79 Å². The fraction of sp³-hybridized carbons (Fsp3) is 0.344. The standard InChI is InChI=1S/C19H22N2O2S.C13H12N2OS.H2S/c1-6-15-21-18(20-5)17(24-15)14-10-7-13(8-11-14)9-12-16(22)23-19(2,3)4;1-3-11-15-13(14-2)12(17-11)10-6-4-9(8-16)5-7-10;/h7-8,10-11H,6,9,12H2,1-4H3;4-7,16H,3,8H2,1H3;1H2. The van der Waals surface area contributed by atoms with Gasteiger partial charge in [-0.05, 0) is 49.4 Å². The molecule has 4 aromatic rings. The summed E-state index contributed by atoms with van der Waals surface area (Å²) in [4.78, 5) is 29.2. The van der Waals surface area contributed by atoms with Crippen LogP contribution in [0.3, 0.4) is 0 Å². The minimum absolute atomic E-state index is 0. The maximum Gasteiger partial charge on any atom is 0.306 e. The Balaban J connectivity index is 0.000000302. The van der Waals surface area contributed by atoms with E-state index in [0.29, 0.717) is 24.5 Å². The molecule has 0 fully saturated rings. The molecule has 0 spiro atoms. The van der Waals surface area contributed by atoms with Crippen molar-refractivity contribution < 1.29 is 14.6 Å². The molecule has 0 unspecified atom stereocenters. The number of aliphatic hydroxyl groups is 1. The normalized spacial score (nSPS) is 10.5. The van der Waals surface area contributed by atoms with Crippen LogP contribution in [-0.2, 0) is 35.4 Å². The molecule has 0 aliphatic rings. The molecule has 0 aliphatic heterocycles. The number of aromatic nitrogens is 2. The highest BCUT2D eigenvalue weighted by molar-refractivity contribution is 7.59. The van der Waals surface area contributed by atoms with Crippen LogP contribution in [0, 0.1) is 13.1 Å². The first-order valence-corrected chi connectivity index (χ1v) is 15.0. The molecule has 7 nitrogen and oxygen atoms in total. The van der Waals surface area contributed by atoms with E-state index in [1.54, 1.807) is 22.7 Å². The lowest BCUT2D eigenvalue weighted by Crippen LogP contribution is -2.23. The van der Waals surface area contributed by atoms with Crippen LogP contribution < -0.4 is 0 Å². The van der Waals surface area contributed by atoms with Gasteiger partial charge < -0.3 is 19.5 Å². The van der Waals surface area contributed by atoms with E-state index in [1.165, 1.54) is 0 Å². The third-order valence-corrected chi connectivity index (χ3v) is 8.25. The van der Waals surface area contributed by atoms with Gasteiger partial charge in [0, 0.05) is 19.3 Å². The summed E-state index contributed by atoms with van der Waals surface area (Å²) in [7, 11) is 0. The van der Waals surface area contributed by atoms with E-state index in [1.807, 2.05) is 83.1 Å². The van der Waals surface area contributed by atoms with Gasteiger partial charge in [0.25, 0.3) is 11.6 Å².